The highest BCUT2D eigenvalue weighted by molar-refractivity contribution is 4.75. The average molecular weight is 246 g/mol. The summed E-state index contributed by atoms with van der Waals surface area (Å²) in [7, 11) is 3.50. The van der Waals surface area contributed by atoms with E-state index in [0.717, 1.165) is 32.8 Å². The Morgan fingerprint density at radius 1 is 1.12 bits per heavy atom. The predicted molar refractivity (Wildman–Crippen MR) is 72.5 cm³/mol. The van der Waals surface area contributed by atoms with Crippen LogP contribution in [0.3, 0.4) is 0 Å². The fourth-order valence-electron chi connectivity index (χ4n) is 2.01. The first kappa shape index (κ1) is 16.8. The molecule has 0 radical (unpaired) electrons. The van der Waals surface area contributed by atoms with E-state index >= 15 is 0 Å². The maximum absolute atomic E-state index is 5.24. The standard InChI is InChI=1S/C13H30N2O2/c1-6-7-14-10-12(2)15(8-9-16-4)13(3)11-17-5/h12-14H,6-11H2,1-5H3. The lowest BCUT2D eigenvalue weighted by atomic mass is 10.2. The molecular formula is C13H30N2O2. The topological polar surface area (TPSA) is 33.7 Å². The Hall–Kier alpha value is -0.160. The van der Waals surface area contributed by atoms with Gasteiger partial charge in [0, 0.05) is 39.4 Å². The summed E-state index contributed by atoms with van der Waals surface area (Å²) in [6, 6.07) is 0.926. The normalized spacial score (nSPS) is 15.2. The van der Waals surface area contributed by atoms with E-state index in [-0.39, 0.29) is 0 Å². The van der Waals surface area contributed by atoms with Crippen LogP contribution in [0.4, 0.5) is 0 Å². The molecule has 4 nitrogen and oxygen atoms in total. The van der Waals surface area contributed by atoms with Gasteiger partial charge >= 0.3 is 0 Å². The fourth-order valence-corrected chi connectivity index (χ4v) is 2.01. The first-order chi connectivity index (χ1) is 8.17. The zero-order chi connectivity index (χ0) is 13.1. The Kier molecular flexibility index (Phi) is 10.9. The number of methoxy groups -OCH3 is 2. The fraction of sp³-hybridized carbons (Fsp3) is 1.00. The summed E-state index contributed by atoms with van der Waals surface area (Å²) < 4.78 is 10.4. The van der Waals surface area contributed by atoms with Gasteiger partial charge in [0.2, 0.25) is 0 Å². The molecule has 0 bridgehead atoms. The summed E-state index contributed by atoms with van der Waals surface area (Å²) in [6.45, 7) is 11.2. The molecule has 104 valence electrons. The molecule has 0 heterocycles. The lowest BCUT2D eigenvalue weighted by Crippen LogP contribution is -2.48. The molecule has 0 saturated heterocycles. The molecule has 0 aromatic rings. The zero-order valence-corrected chi connectivity index (χ0v) is 12.2. The second-order valence-electron chi connectivity index (χ2n) is 4.59. The summed E-state index contributed by atoms with van der Waals surface area (Å²) in [5, 5.41) is 3.47. The Bertz CT molecular complexity index is 167. The second kappa shape index (κ2) is 11.0. The zero-order valence-electron chi connectivity index (χ0n) is 12.2. The van der Waals surface area contributed by atoms with Crippen LogP contribution in [0.2, 0.25) is 0 Å². The van der Waals surface area contributed by atoms with Gasteiger partial charge in [-0.3, -0.25) is 4.90 Å². The molecule has 0 spiro atoms. The van der Waals surface area contributed by atoms with Crippen LogP contribution in [-0.4, -0.2) is 64.1 Å². The average Bonchev–Trinajstić information content (AvgIpc) is 2.30. The first-order valence-electron chi connectivity index (χ1n) is 6.61. The van der Waals surface area contributed by atoms with Crippen molar-refractivity contribution in [2.45, 2.75) is 39.3 Å². The molecule has 4 heteroatoms. The maximum Gasteiger partial charge on any atom is 0.0615 e. The van der Waals surface area contributed by atoms with Gasteiger partial charge in [0.25, 0.3) is 0 Å². The quantitative estimate of drug-likeness (QED) is 0.558. The van der Waals surface area contributed by atoms with Crippen LogP contribution >= 0.6 is 0 Å². The molecule has 0 aromatic carbocycles. The van der Waals surface area contributed by atoms with Crippen molar-refractivity contribution in [1.82, 2.24) is 10.2 Å². The van der Waals surface area contributed by atoms with Gasteiger partial charge in [0.15, 0.2) is 0 Å². The molecule has 0 aliphatic carbocycles. The third kappa shape index (κ3) is 7.71. The van der Waals surface area contributed by atoms with Crippen molar-refractivity contribution >= 4 is 0 Å². The van der Waals surface area contributed by atoms with E-state index in [0.29, 0.717) is 12.1 Å². The molecule has 0 rings (SSSR count). The molecule has 2 atom stereocenters. The molecule has 0 aliphatic rings. The van der Waals surface area contributed by atoms with Gasteiger partial charge in [-0.1, -0.05) is 6.92 Å². The molecule has 2 unspecified atom stereocenters. The van der Waals surface area contributed by atoms with E-state index in [2.05, 4.69) is 31.0 Å². The van der Waals surface area contributed by atoms with Crippen LogP contribution in [0, 0.1) is 0 Å². The van der Waals surface area contributed by atoms with Crippen LogP contribution in [0.1, 0.15) is 27.2 Å². The van der Waals surface area contributed by atoms with Crippen molar-refractivity contribution in [3.63, 3.8) is 0 Å². The molecule has 0 aliphatic heterocycles. The molecule has 0 saturated carbocycles. The van der Waals surface area contributed by atoms with Crippen LogP contribution in [0.15, 0.2) is 0 Å². The number of nitrogens with zero attached hydrogens (tertiary/aromatic N) is 1. The Morgan fingerprint density at radius 2 is 1.82 bits per heavy atom. The minimum absolute atomic E-state index is 0.425. The van der Waals surface area contributed by atoms with Crippen LogP contribution in [-0.2, 0) is 9.47 Å². The van der Waals surface area contributed by atoms with Gasteiger partial charge in [-0.05, 0) is 26.8 Å². The highest BCUT2D eigenvalue weighted by Gasteiger charge is 2.19. The highest BCUT2D eigenvalue weighted by atomic mass is 16.5. The summed E-state index contributed by atoms with van der Waals surface area (Å²) in [5.74, 6) is 0. The molecule has 0 fully saturated rings. The van der Waals surface area contributed by atoms with Gasteiger partial charge in [0.05, 0.1) is 13.2 Å². The third-order valence-corrected chi connectivity index (χ3v) is 2.96. The maximum atomic E-state index is 5.24. The summed E-state index contributed by atoms with van der Waals surface area (Å²) in [4.78, 5) is 2.44. The lowest BCUT2D eigenvalue weighted by Gasteiger charge is -2.34. The van der Waals surface area contributed by atoms with Gasteiger partial charge in [-0.2, -0.15) is 0 Å². The first-order valence-corrected chi connectivity index (χ1v) is 6.61. The van der Waals surface area contributed by atoms with Crippen molar-refractivity contribution in [2.75, 3.05) is 47.1 Å². The number of hydrogen-bond donors (Lipinski definition) is 1. The van der Waals surface area contributed by atoms with E-state index in [9.17, 15) is 0 Å². The number of rotatable bonds is 11. The van der Waals surface area contributed by atoms with Gasteiger partial charge in [-0.25, -0.2) is 0 Å². The lowest BCUT2D eigenvalue weighted by molar-refractivity contribution is 0.0518. The number of ether oxygens (including phenoxy) is 2. The summed E-state index contributed by atoms with van der Waals surface area (Å²) >= 11 is 0. The predicted octanol–water partition coefficient (Wildman–Crippen LogP) is 1.36. The number of hydrogen-bond acceptors (Lipinski definition) is 4. The highest BCUT2D eigenvalue weighted by Crippen LogP contribution is 2.05. The van der Waals surface area contributed by atoms with Crippen molar-refractivity contribution in [3.05, 3.63) is 0 Å². The van der Waals surface area contributed by atoms with Gasteiger partial charge < -0.3 is 14.8 Å². The molecule has 0 amide bonds. The Labute approximate surface area is 107 Å². The van der Waals surface area contributed by atoms with Crippen molar-refractivity contribution < 1.29 is 9.47 Å². The molecule has 1 N–H and O–H groups in total. The minimum atomic E-state index is 0.425. The Morgan fingerprint density at radius 3 is 2.35 bits per heavy atom. The number of nitrogens with one attached hydrogen (secondary N) is 1. The van der Waals surface area contributed by atoms with E-state index in [1.54, 1.807) is 14.2 Å². The third-order valence-electron chi connectivity index (χ3n) is 2.96. The van der Waals surface area contributed by atoms with Gasteiger partial charge in [0.1, 0.15) is 0 Å². The summed E-state index contributed by atoms with van der Waals surface area (Å²) in [6.07, 6.45) is 1.18. The van der Waals surface area contributed by atoms with E-state index in [1.807, 2.05) is 0 Å². The van der Waals surface area contributed by atoms with E-state index in [4.69, 9.17) is 9.47 Å². The van der Waals surface area contributed by atoms with E-state index in [1.165, 1.54) is 6.42 Å². The van der Waals surface area contributed by atoms with Crippen LogP contribution in [0.5, 0.6) is 0 Å². The van der Waals surface area contributed by atoms with Gasteiger partial charge in [-0.15, -0.1) is 0 Å². The van der Waals surface area contributed by atoms with Crippen LogP contribution in [0.25, 0.3) is 0 Å². The molecule has 0 aromatic heterocycles. The second-order valence-corrected chi connectivity index (χ2v) is 4.59. The summed E-state index contributed by atoms with van der Waals surface area (Å²) in [5.41, 5.74) is 0. The smallest absolute Gasteiger partial charge is 0.0615 e. The van der Waals surface area contributed by atoms with Crippen molar-refractivity contribution in [2.24, 2.45) is 0 Å². The van der Waals surface area contributed by atoms with Crippen LogP contribution < -0.4 is 5.32 Å². The monoisotopic (exact) mass is 246 g/mol. The largest absolute Gasteiger partial charge is 0.383 e. The Balaban J connectivity index is 4.12. The minimum Gasteiger partial charge on any atom is -0.383 e. The SMILES string of the molecule is CCCNCC(C)N(CCOC)C(C)COC. The van der Waals surface area contributed by atoms with Crippen molar-refractivity contribution in [3.8, 4) is 0 Å². The molecular weight excluding hydrogens is 216 g/mol. The van der Waals surface area contributed by atoms with E-state index < -0.39 is 0 Å². The molecule has 17 heavy (non-hydrogen) atoms. The van der Waals surface area contributed by atoms with Crippen molar-refractivity contribution in [1.29, 1.82) is 0 Å².